The van der Waals surface area contributed by atoms with Crippen molar-refractivity contribution in [2.75, 3.05) is 0 Å². The maximum Gasteiger partial charge on any atom is 0.149 e. The van der Waals surface area contributed by atoms with Gasteiger partial charge in [0.15, 0.2) is 0 Å². The van der Waals surface area contributed by atoms with Gasteiger partial charge in [-0.3, -0.25) is 0 Å². The van der Waals surface area contributed by atoms with Crippen molar-refractivity contribution in [1.82, 2.24) is 24.6 Å². The zero-order valence-corrected chi connectivity index (χ0v) is 13.0. The largest absolute Gasteiger partial charge is 0.351 e. The molecule has 0 saturated carbocycles. The standard InChI is InChI=1S/C16H25N5/c1-3-20-10-7-8-14(20)12-17-13(2)16-19-18-15-9-5-4-6-11-21(15)16/h7-8,10,13,17H,3-6,9,11-12H2,1-2H3. The minimum absolute atomic E-state index is 0.226. The summed E-state index contributed by atoms with van der Waals surface area (Å²) in [6.45, 7) is 7.30. The number of rotatable bonds is 5. The molecule has 5 heteroatoms. The molecular formula is C16H25N5. The monoisotopic (exact) mass is 287 g/mol. The van der Waals surface area contributed by atoms with Crippen molar-refractivity contribution in [3.63, 3.8) is 0 Å². The Balaban J connectivity index is 1.68. The van der Waals surface area contributed by atoms with Crippen LogP contribution in [0.4, 0.5) is 0 Å². The Labute approximate surface area is 126 Å². The van der Waals surface area contributed by atoms with Crippen molar-refractivity contribution in [2.45, 2.75) is 65.2 Å². The summed E-state index contributed by atoms with van der Waals surface area (Å²) in [6.07, 6.45) is 6.98. The lowest BCUT2D eigenvalue weighted by molar-refractivity contribution is 0.491. The van der Waals surface area contributed by atoms with Crippen LogP contribution >= 0.6 is 0 Å². The summed E-state index contributed by atoms with van der Waals surface area (Å²) < 4.78 is 4.59. The van der Waals surface area contributed by atoms with Crippen molar-refractivity contribution >= 4 is 0 Å². The zero-order chi connectivity index (χ0) is 14.7. The van der Waals surface area contributed by atoms with Crippen LogP contribution in [0, 0.1) is 0 Å². The van der Waals surface area contributed by atoms with Crippen LogP contribution in [0.3, 0.4) is 0 Å². The van der Waals surface area contributed by atoms with Gasteiger partial charge in [-0.1, -0.05) is 6.42 Å². The summed E-state index contributed by atoms with van der Waals surface area (Å²) >= 11 is 0. The first-order chi connectivity index (χ1) is 10.3. The van der Waals surface area contributed by atoms with E-state index in [-0.39, 0.29) is 6.04 Å². The number of aryl methyl sites for hydroxylation is 2. The van der Waals surface area contributed by atoms with Gasteiger partial charge in [0, 0.05) is 37.9 Å². The molecule has 21 heavy (non-hydrogen) atoms. The lowest BCUT2D eigenvalue weighted by Gasteiger charge is -2.16. The van der Waals surface area contributed by atoms with Gasteiger partial charge >= 0.3 is 0 Å². The van der Waals surface area contributed by atoms with Gasteiger partial charge in [0.05, 0.1) is 6.04 Å². The SMILES string of the molecule is CCn1cccc1CNC(C)c1nnc2n1CCCCC2. The van der Waals surface area contributed by atoms with E-state index in [9.17, 15) is 0 Å². The summed E-state index contributed by atoms with van der Waals surface area (Å²) in [5.74, 6) is 2.24. The van der Waals surface area contributed by atoms with Gasteiger partial charge in [-0.2, -0.15) is 0 Å². The first kappa shape index (κ1) is 14.3. The van der Waals surface area contributed by atoms with E-state index in [2.05, 4.69) is 56.8 Å². The third-order valence-corrected chi connectivity index (χ3v) is 4.38. The quantitative estimate of drug-likeness (QED) is 0.919. The van der Waals surface area contributed by atoms with Gasteiger partial charge in [-0.15, -0.1) is 10.2 Å². The van der Waals surface area contributed by atoms with Crippen molar-refractivity contribution in [2.24, 2.45) is 0 Å². The van der Waals surface area contributed by atoms with Crippen molar-refractivity contribution < 1.29 is 0 Å². The van der Waals surface area contributed by atoms with Crippen LogP contribution in [0.1, 0.15) is 56.5 Å². The topological polar surface area (TPSA) is 47.7 Å². The van der Waals surface area contributed by atoms with E-state index in [0.717, 1.165) is 37.7 Å². The molecule has 3 rings (SSSR count). The van der Waals surface area contributed by atoms with Crippen LogP contribution in [0.25, 0.3) is 0 Å². The third-order valence-electron chi connectivity index (χ3n) is 4.38. The summed E-state index contributed by atoms with van der Waals surface area (Å²) in [5.41, 5.74) is 1.32. The van der Waals surface area contributed by atoms with Crippen LogP contribution in [0.2, 0.25) is 0 Å². The van der Waals surface area contributed by atoms with Gasteiger partial charge in [-0.05, 0) is 38.8 Å². The molecule has 0 saturated heterocycles. The fourth-order valence-corrected chi connectivity index (χ4v) is 3.10. The third kappa shape index (κ3) is 3.02. The molecule has 1 atom stereocenters. The minimum Gasteiger partial charge on any atom is -0.351 e. The molecule has 2 aromatic rings. The fraction of sp³-hybridized carbons (Fsp3) is 0.625. The van der Waals surface area contributed by atoms with E-state index < -0.39 is 0 Å². The zero-order valence-electron chi connectivity index (χ0n) is 13.0. The number of fused-ring (bicyclic) bond motifs is 1. The molecular weight excluding hydrogens is 262 g/mol. The molecule has 2 aromatic heterocycles. The van der Waals surface area contributed by atoms with Crippen molar-refractivity contribution in [1.29, 1.82) is 0 Å². The van der Waals surface area contributed by atoms with Gasteiger partial charge in [0.1, 0.15) is 11.6 Å². The van der Waals surface area contributed by atoms with E-state index in [1.54, 1.807) is 0 Å². The highest BCUT2D eigenvalue weighted by molar-refractivity contribution is 5.08. The minimum atomic E-state index is 0.226. The van der Waals surface area contributed by atoms with E-state index in [1.165, 1.54) is 25.0 Å². The van der Waals surface area contributed by atoms with E-state index in [4.69, 9.17) is 0 Å². The number of aromatic nitrogens is 4. The highest BCUT2D eigenvalue weighted by atomic mass is 15.3. The summed E-state index contributed by atoms with van der Waals surface area (Å²) in [5, 5.41) is 12.4. The number of hydrogen-bond acceptors (Lipinski definition) is 3. The molecule has 0 fully saturated rings. The number of nitrogens with one attached hydrogen (secondary N) is 1. The molecule has 5 nitrogen and oxygen atoms in total. The highest BCUT2D eigenvalue weighted by Gasteiger charge is 2.19. The van der Waals surface area contributed by atoms with E-state index >= 15 is 0 Å². The predicted molar refractivity (Wildman–Crippen MR) is 82.9 cm³/mol. The Morgan fingerprint density at radius 2 is 2.19 bits per heavy atom. The molecule has 1 unspecified atom stereocenters. The normalized spacial score (nSPS) is 16.5. The summed E-state index contributed by atoms with van der Waals surface area (Å²) in [4.78, 5) is 0. The van der Waals surface area contributed by atoms with Gasteiger partial charge < -0.3 is 14.5 Å². The molecule has 1 aliphatic heterocycles. The molecule has 0 amide bonds. The summed E-state index contributed by atoms with van der Waals surface area (Å²) in [6, 6.07) is 4.51. The molecule has 1 N–H and O–H groups in total. The molecule has 1 aliphatic rings. The second-order valence-corrected chi connectivity index (χ2v) is 5.82. The number of nitrogens with zero attached hydrogens (tertiary/aromatic N) is 4. The highest BCUT2D eigenvalue weighted by Crippen LogP contribution is 2.19. The average Bonchev–Trinajstić information content (AvgIpc) is 3.05. The first-order valence-electron chi connectivity index (χ1n) is 8.09. The Morgan fingerprint density at radius 3 is 3.05 bits per heavy atom. The maximum absolute atomic E-state index is 4.43. The second kappa shape index (κ2) is 6.43. The molecule has 0 aliphatic carbocycles. The maximum atomic E-state index is 4.43. The molecule has 0 bridgehead atoms. The van der Waals surface area contributed by atoms with Gasteiger partial charge in [0.2, 0.25) is 0 Å². The van der Waals surface area contributed by atoms with Crippen molar-refractivity contribution in [3.05, 3.63) is 35.7 Å². The summed E-state index contributed by atoms with van der Waals surface area (Å²) in [7, 11) is 0. The van der Waals surface area contributed by atoms with Crippen LogP contribution in [-0.2, 0) is 26.1 Å². The smallest absolute Gasteiger partial charge is 0.149 e. The molecule has 0 aromatic carbocycles. The Kier molecular flexibility index (Phi) is 4.39. The first-order valence-corrected chi connectivity index (χ1v) is 8.09. The van der Waals surface area contributed by atoms with Crippen LogP contribution in [0.15, 0.2) is 18.3 Å². The number of hydrogen-bond donors (Lipinski definition) is 1. The second-order valence-electron chi connectivity index (χ2n) is 5.82. The van der Waals surface area contributed by atoms with E-state index in [0.29, 0.717) is 0 Å². The predicted octanol–water partition coefficient (Wildman–Crippen LogP) is 2.68. The lowest BCUT2D eigenvalue weighted by Crippen LogP contribution is -2.23. The van der Waals surface area contributed by atoms with E-state index in [1.807, 2.05) is 0 Å². The molecule has 0 radical (unpaired) electrons. The molecule has 114 valence electrons. The fourth-order valence-electron chi connectivity index (χ4n) is 3.10. The van der Waals surface area contributed by atoms with Crippen LogP contribution in [-0.4, -0.2) is 19.3 Å². The van der Waals surface area contributed by atoms with Crippen LogP contribution < -0.4 is 5.32 Å². The average molecular weight is 287 g/mol. The van der Waals surface area contributed by atoms with Gasteiger partial charge in [-0.25, -0.2) is 0 Å². The van der Waals surface area contributed by atoms with Crippen LogP contribution in [0.5, 0.6) is 0 Å². The molecule has 3 heterocycles. The Morgan fingerprint density at radius 1 is 1.29 bits per heavy atom. The Bertz CT molecular complexity index is 583. The van der Waals surface area contributed by atoms with Gasteiger partial charge in [0.25, 0.3) is 0 Å². The van der Waals surface area contributed by atoms with Crippen molar-refractivity contribution in [3.8, 4) is 0 Å². The Hall–Kier alpha value is -1.62. The lowest BCUT2D eigenvalue weighted by atomic mass is 10.2. The molecule has 0 spiro atoms.